The first-order chi connectivity index (χ1) is 13.3. The van der Waals surface area contributed by atoms with E-state index >= 15 is 0 Å². The Morgan fingerprint density at radius 3 is 2.64 bits per heavy atom. The van der Waals surface area contributed by atoms with Gasteiger partial charge in [0.1, 0.15) is 0 Å². The van der Waals surface area contributed by atoms with Crippen molar-refractivity contribution >= 4 is 33.5 Å². The monoisotopic (exact) mass is 428 g/mol. The number of carbonyl (C=O) groups excluding carboxylic acids is 1. The average molecular weight is 429 g/mol. The minimum atomic E-state index is -3.40. The first-order valence-corrected chi connectivity index (χ1v) is 11.7. The number of nitrogens with zero attached hydrogens (tertiary/aromatic N) is 5. The summed E-state index contributed by atoms with van der Waals surface area (Å²) in [7, 11) is -3.40. The maximum atomic E-state index is 12.4. The number of nitrogens with one attached hydrogen (secondary N) is 1. The first kappa shape index (κ1) is 21.0. The third-order valence-electron chi connectivity index (χ3n) is 4.60. The molecule has 1 N–H and O–H groups in total. The average Bonchev–Trinajstić information content (AvgIpc) is 3.09. The lowest BCUT2D eigenvalue weighted by atomic mass is 10.1. The number of rotatable bonds is 7. The van der Waals surface area contributed by atoms with E-state index in [1.54, 1.807) is 4.52 Å². The Morgan fingerprint density at radius 2 is 1.96 bits per heavy atom. The van der Waals surface area contributed by atoms with Gasteiger partial charge in [-0.2, -0.15) is 9.29 Å². The quantitative estimate of drug-likeness (QED) is 0.602. The Bertz CT molecular complexity index is 969. The molecule has 1 saturated heterocycles. The Labute approximate surface area is 168 Å². The molecule has 10 nitrogen and oxygen atoms in total. The topological polar surface area (TPSA) is 119 Å². The summed E-state index contributed by atoms with van der Waals surface area (Å²) in [6, 6.07) is 0. The number of aromatic nitrogens is 4. The van der Waals surface area contributed by atoms with Crippen LogP contribution in [0.5, 0.6) is 0 Å². The maximum Gasteiger partial charge on any atom is 0.253 e. The molecule has 0 unspecified atom stereocenters. The standard InChI is InChI=1S/C16H24N6O4S2/c1-11-13(12(2)22-15(18-11)19-16(20-22)27-3)10-14(23)17-4-9-28(24,25)21-5-7-26-8-6-21/h4-10H2,1-3H3,(H,17,23). The predicted octanol–water partition coefficient (Wildman–Crippen LogP) is -0.216. The van der Waals surface area contributed by atoms with Crippen LogP contribution in [0.2, 0.25) is 0 Å². The van der Waals surface area contributed by atoms with Crippen molar-refractivity contribution in [1.82, 2.24) is 29.2 Å². The highest BCUT2D eigenvalue weighted by Gasteiger charge is 2.24. The fraction of sp³-hybridized carbons (Fsp3) is 0.625. The van der Waals surface area contributed by atoms with E-state index < -0.39 is 10.0 Å². The van der Waals surface area contributed by atoms with Crippen LogP contribution in [0.3, 0.4) is 0 Å². The van der Waals surface area contributed by atoms with Crippen molar-refractivity contribution in [3.63, 3.8) is 0 Å². The van der Waals surface area contributed by atoms with Crippen LogP contribution in [0.25, 0.3) is 5.78 Å². The molecule has 0 spiro atoms. The van der Waals surface area contributed by atoms with Crippen LogP contribution >= 0.6 is 11.8 Å². The minimum absolute atomic E-state index is 0.0617. The number of ether oxygens (including phenoxy) is 1. The van der Waals surface area contributed by atoms with E-state index in [9.17, 15) is 13.2 Å². The van der Waals surface area contributed by atoms with Crippen molar-refractivity contribution < 1.29 is 17.9 Å². The van der Waals surface area contributed by atoms with Gasteiger partial charge in [-0.1, -0.05) is 11.8 Å². The van der Waals surface area contributed by atoms with Gasteiger partial charge in [-0.25, -0.2) is 17.9 Å². The van der Waals surface area contributed by atoms with Crippen LogP contribution in [0.4, 0.5) is 0 Å². The molecular formula is C16H24N6O4S2. The molecule has 12 heteroatoms. The second-order valence-electron chi connectivity index (χ2n) is 6.43. The molecule has 0 atom stereocenters. The highest BCUT2D eigenvalue weighted by molar-refractivity contribution is 7.98. The molecule has 3 heterocycles. The highest BCUT2D eigenvalue weighted by Crippen LogP contribution is 2.17. The summed E-state index contributed by atoms with van der Waals surface area (Å²) in [5.41, 5.74) is 2.27. The van der Waals surface area contributed by atoms with E-state index in [1.165, 1.54) is 16.1 Å². The Morgan fingerprint density at radius 1 is 1.25 bits per heavy atom. The Balaban J connectivity index is 1.61. The second kappa shape index (κ2) is 8.72. The molecular weight excluding hydrogens is 404 g/mol. The van der Waals surface area contributed by atoms with E-state index in [0.717, 1.165) is 11.3 Å². The fourth-order valence-electron chi connectivity index (χ4n) is 3.03. The lowest BCUT2D eigenvalue weighted by molar-refractivity contribution is -0.120. The van der Waals surface area contributed by atoms with Crippen LogP contribution < -0.4 is 5.32 Å². The van der Waals surface area contributed by atoms with Gasteiger partial charge < -0.3 is 10.1 Å². The van der Waals surface area contributed by atoms with Crippen LogP contribution in [0, 0.1) is 13.8 Å². The van der Waals surface area contributed by atoms with Gasteiger partial charge in [0, 0.05) is 36.6 Å². The van der Waals surface area contributed by atoms with E-state index in [-0.39, 0.29) is 24.6 Å². The Kier molecular flexibility index (Phi) is 6.53. The van der Waals surface area contributed by atoms with Crippen LogP contribution in [-0.2, 0) is 26.0 Å². The molecule has 1 aliphatic rings. The smallest absolute Gasteiger partial charge is 0.253 e. The van der Waals surface area contributed by atoms with Gasteiger partial charge in [-0.3, -0.25) is 4.79 Å². The minimum Gasteiger partial charge on any atom is -0.379 e. The van der Waals surface area contributed by atoms with E-state index in [0.29, 0.717) is 42.9 Å². The Hall–Kier alpha value is -1.76. The molecule has 2 aromatic heterocycles. The van der Waals surface area contributed by atoms with E-state index in [2.05, 4.69) is 20.4 Å². The van der Waals surface area contributed by atoms with Crippen molar-refractivity contribution in [1.29, 1.82) is 0 Å². The lowest BCUT2D eigenvalue weighted by Crippen LogP contribution is -2.44. The molecule has 0 radical (unpaired) electrons. The zero-order chi connectivity index (χ0) is 20.3. The van der Waals surface area contributed by atoms with Gasteiger partial charge in [0.25, 0.3) is 5.78 Å². The summed E-state index contributed by atoms with van der Waals surface area (Å²) in [5.74, 6) is 0.114. The van der Waals surface area contributed by atoms with Crippen molar-refractivity contribution in [2.75, 3.05) is 44.9 Å². The van der Waals surface area contributed by atoms with Crippen LogP contribution in [0.15, 0.2) is 5.16 Å². The SMILES string of the molecule is CSc1nc2nc(C)c(CC(=O)NCCS(=O)(=O)N3CCOCC3)c(C)n2n1. The van der Waals surface area contributed by atoms with Gasteiger partial charge >= 0.3 is 0 Å². The molecule has 154 valence electrons. The molecule has 0 aliphatic carbocycles. The lowest BCUT2D eigenvalue weighted by Gasteiger charge is -2.26. The number of amides is 1. The van der Waals surface area contributed by atoms with E-state index in [1.807, 2.05) is 20.1 Å². The number of hydrogen-bond donors (Lipinski definition) is 1. The second-order valence-corrected chi connectivity index (χ2v) is 9.29. The number of thioether (sulfide) groups is 1. The largest absolute Gasteiger partial charge is 0.379 e. The number of fused-ring (bicyclic) bond motifs is 1. The molecule has 28 heavy (non-hydrogen) atoms. The summed E-state index contributed by atoms with van der Waals surface area (Å²) in [6.45, 7) is 5.27. The molecule has 0 aromatic carbocycles. The normalized spacial score (nSPS) is 15.8. The first-order valence-electron chi connectivity index (χ1n) is 8.91. The van der Waals surface area contributed by atoms with E-state index in [4.69, 9.17) is 4.74 Å². The summed E-state index contributed by atoms with van der Waals surface area (Å²) < 4.78 is 32.8. The van der Waals surface area contributed by atoms with Gasteiger partial charge in [0.05, 0.1) is 25.4 Å². The van der Waals surface area contributed by atoms with Crippen molar-refractivity contribution in [2.45, 2.75) is 25.4 Å². The number of aryl methyl sites for hydroxylation is 2. The molecule has 0 saturated carbocycles. The fourth-order valence-corrected chi connectivity index (χ4v) is 4.69. The molecule has 3 rings (SSSR count). The molecule has 1 aliphatic heterocycles. The van der Waals surface area contributed by atoms with Crippen LogP contribution in [0.1, 0.15) is 17.0 Å². The number of carbonyl (C=O) groups is 1. The maximum absolute atomic E-state index is 12.4. The number of morpholine rings is 1. The van der Waals surface area contributed by atoms with Gasteiger partial charge in [-0.15, -0.1) is 5.10 Å². The summed E-state index contributed by atoms with van der Waals surface area (Å²) in [4.78, 5) is 21.1. The predicted molar refractivity (Wildman–Crippen MR) is 105 cm³/mol. The highest BCUT2D eigenvalue weighted by atomic mass is 32.2. The molecule has 2 aromatic rings. The summed E-state index contributed by atoms with van der Waals surface area (Å²) in [5, 5.41) is 7.67. The zero-order valence-electron chi connectivity index (χ0n) is 16.1. The van der Waals surface area contributed by atoms with Gasteiger partial charge in [0.15, 0.2) is 0 Å². The van der Waals surface area contributed by atoms with Crippen LogP contribution in [-0.4, -0.2) is 83.1 Å². The van der Waals surface area contributed by atoms with Crippen molar-refractivity contribution in [3.8, 4) is 0 Å². The number of hydrogen-bond acceptors (Lipinski definition) is 8. The van der Waals surface area contributed by atoms with Crippen molar-refractivity contribution in [3.05, 3.63) is 17.0 Å². The third-order valence-corrected chi connectivity index (χ3v) is 7.01. The van der Waals surface area contributed by atoms with Gasteiger partial charge in [0.2, 0.25) is 21.1 Å². The summed E-state index contributed by atoms with van der Waals surface area (Å²) in [6.07, 6.45) is 1.99. The van der Waals surface area contributed by atoms with Gasteiger partial charge in [-0.05, 0) is 20.1 Å². The number of sulfonamides is 1. The third kappa shape index (κ3) is 4.62. The molecule has 1 fully saturated rings. The molecule has 0 bridgehead atoms. The molecule has 1 amide bonds. The summed E-state index contributed by atoms with van der Waals surface area (Å²) >= 11 is 1.42. The zero-order valence-corrected chi connectivity index (χ0v) is 17.8. The van der Waals surface area contributed by atoms with Crippen molar-refractivity contribution in [2.24, 2.45) is 0 Å².